The van der Waals surface area contributed by atoms with Crippen molar-refractivity contribution in [1.29, 1.82) is 0 Å². The molecule has 0 aromatic heterocycles. The van der Waals surface area contributed by atoms with Crippen molar-refractivity contribution >= 4 is 12.3 Å². The normalized spacial score (nSPS) is 10.5. The van der Waals surface area contributed by atoms with Crippen LogP contribution in [0.3, 0.4) is 0 Å². The molecule has 7 heteroatoms. The fraction of sp³-hybridized carbons (Fsp3) is 0.300. The molecule has 0 atom stereocenters. The molecule has 146 valence electrons. The molecule has 27 heavy (non-hydrogen) atoms. The molecular weight excluding hydrogens is 361 g/mol. The van der Waals surface area contributed by atoms with Crippen LogP contribution in [0.5, 0.6) is 5.75 Å². The summed E-state index contributed by atoms with van der Waals surface area (Å²) < 4.78 is 49.0. The molecule has 0 radical (unpaired) electrons. The van der Waals surface area contributed by atoms with Gasteiger partial charge in [0.2, 0.25) is 0 Å². The molecule has 0 spiro atoms. The number of Topliss-reactive ketones (excluding diaryl/α,β-unsaturated/α-hetero) is 1. The average Bonchev–Trinajstić information content (AvgIpc) is 2.61. The lowest BCUT2D eigenvalue weighted by Gasteiger charge is -2.17. The maximum atomic E-state index is 13.2. The smallest absolute Gasteiger partial charge is 0.416 e. The zero-order valence-electron chi connectivity index (χ0n) is 15.5. The predicted molar refractivity (Wildman–Crippen MR) is 94.8 cm³/mol. The van der Waals surface area contributed by atoms with Crippen LogP contribution in [0, 0.1) is 13.8 Å². The number of methoxy groups -OCH3 is 1. The van der Waals surface area contributed by atoms with Gasteiger partial charge >= 0.3 is 6.18 Å². The van der Waals surface area contributed by atoms with E-state index in [9.17, 15) is 18.0 Å². The Hall–Kier alpha value is -2.83. The zero-order valence-corrected chi connectivity index (χ0v) is 15.5. The fourth-order valence-electron chi connectivity index (χ4n) is 2.35. The first-order valence-electron chi connectivity index (χ1n) is 7.98. The van der Waals surface area contributed by atoms with Crippen LogP contribution in [-0.4, -0.2) is 19.4 Å². The highest BCUT2D eigenvalue weighted by atomic mass is 19.4. The van der Waals surface area contributed by atoms with Crippen molar-refractivity contribution in [2.75, 3.05) is 7.11 Å². The van der Waals surface area contributed by atoms with Gasteiger partial charge in [-0.15, -0.1) is 0 Å². The number of aryl methyl sites for hydroxylation is 2. The predicted octanol–water partition coefficient (Wildman–Crippen LogP) is 4.89. The van der Waals surface area contributed by atoms with E-state index in [0.717, 1.165) is 17.2 Å². The first-order chi connectivity index (χ1) is 12.6. The minimum Gasteiger partial charge on any atom is -0.489 e. The number of carbonyl (C=O) groups excluding carboxylic acids is 2. The third kappa shape index (κ3) is 6.44. The van der Waals surface area contributed by atoms with E-state index in [1.165, 1.54) is 26.2 Å². The van der Waals surface area contributed by atoms with Crippen LogP contribution in [0.4, 0.5) is 13.2 Å². The van der Waals surface area contributed by atoms with Crippen LogP contribution in [0.15, 0.2) is 36.4 Å². The highest BCUT2D eigenvalue weighted by Crippen LogP contribution is 2.34. The second-order valence-electron chi connectivity index (χ2n) is 5.78. The zero-order chi connectivity index (χ0) is 20.6. The topological polar surface area (TPSA) is 52.6 Å². The van der Waals surface area contributed by atoms with E-state index in [1.807, 2.05) is 26.0 Å². The van der Waals surface area contributed by atoms with Crippen LogP contribution >= 0.6 is 0 Å². The van der Waals surface area contributed by atoms with Gasteiger partial charge in [0.05, 0.1) is 12.7 Å². The third-order valence-corrected chi connectivity index (χ3v) is 3.67. The maximum Gasteiger partial charge on any atom is 0.416 e. The molecule has 0 saturated heterocycles. The van der Waals surface area contributed by atoms with Crippen molar-refractivity contribution in [3.63, 3.8) is 0 Å². The van der Waals surface area contributed by atoms with Crippen LogP contribution in [0.25, 0.3) is 0 Å². The van der Waals surface area contributed by atoms with Crippen LogP contribution < -0.4 is 4.74 Å². The Labute approximate surface area is 155 Å². The monoisotopic (exact) mass is 382 g/mol. The Kier molecular flexibility index (Phi) is 8.02. The van der Waals surface area contributed by atoms with E-state index < -0.39 is 17.5 Å². The summed E-state index contributed by atoms with van der Waals surface area (Å²) in [6.07, 6.45) is -4.54. The summed E-state index contributed by atoms with van der Waals surface area (Å²) in [5, 5.41) is 0. The Morgan fingerprint density at radius 2 is 1.78 bits per heavy atom. The molecule has 4 nitrogen and oxygen atoms in total. The van der Waals surface area contributed by atoms with E-state index >= 15 is 0 Å². The van der Waals surface area contributed by atoms with E-state index in [1.54, 1.807) is 6.07 Å². The third-order valence-electron chi connectivity index (χ3n) is 3.67. The van der Waals surface area contributed by atoms with E-state index in [2.05, 4.69) is 4.74 Å². The number of benzene rings is 2. The molecule has 0 saturated carbocycles. The molecule has 0 bridgehead atoms. The molecular formula is C20H21F3O4. The van der Waals surface area contributed by atoms with Crippen molar-refractivity contribution in [3.8, 4) is 5.75 Å². The number of ether oxygens (including phenoxy) is 2. The lowest BCUT2D eigenvalue weighted by atomic mass is 9.98. The van der Waals surface area contributed by atoms with E-state index in [4.69, 9.17) is 9.53 Å². The van der Waals surface area contributed by atoms with Gasteiger partial charge in [-0.1, -0.05) is 24.3 Å². The van der Waals surface area contributed by atoms with E-state index in [-0.39, 0.29) is 17.7 Å². The summed E-state index contributed by atoms with van der Waals surface area (Å²) in [5.41, 5.74) is 0.833. The maximum absolute atomic E-state index is 13.2. The van der Waals surface area contributed by atoms with Crippen molar-refractivity contribution < 1.29 is 32.2 Å². The Morgan fingerprint density at radius 1 is 1.15 bits per heavy atom. The molecule has 0 aliphatic rings. The van der Waals surface area contributed by atoms with Crippen molar-refractivity contribution in [3.05, 3.63) is 64.2 Å². The quantitative estimate of drug-likeness (QED) is 0.546. The molecule has 2 aromatic rings. The number of halogens is 3. The van der Waals surface area contributed by atoms with Gasteiger partial charge in [0.25, 0.3) is 6.47 Å². The van der Waals surface area contributed by atoms with Gasteiger partial charge in [-0.3, -0.25) is 9.59 Å². The second kappa shape index (κ2) is 9.75. The van der Waals surface area contributed by atoms with Gasteiger partial charge < -0.3 is 9.47 Å². The number of rotatable bonds is 5. The molecule has 0 unspecified atom stereocenters. The molecule has 0 N–H and O–H groups in total. The average molecular weight is 382 g/mol. The van der Waals surface area contributed by atoms with Crippen molar-refractivity contribution in [2.45, 2.75) is 33.6 Å². The van der Waals surface area contributed by atoms with Crippen LogP contribution in [-0.2, 0) is 22.3 Å². The number of hydrogen-bond donors (Lipinski definition) is 0. The lowest BCUT2D eigenvalue weighted by Crippen LogP contribution is -2.15. The molecule has 0 heterocycles. The SMILES string of the molecule is CC(=O)c1cccc(C(F)(F)F)c1COc1cc(C)ccc1C.COC=O. The largest absolute Gasteiger partial charge is 0.489 e. The van der Waals surface area contributed by atoms with Gasteiger partial charge in [-0.05, 0) is 44.0 Å². The van der Waals surface area contributed by atoms with Gasteiger partial charge in [0.15, 0.2) is 5.78 Å². The van der Waals surface area contributed by atoms with E-state index in [0.29, 0.717) is 12.2 Å². The van der Waals surface area contributed by atoms with Gasteiger partial charge in [0, 0.05) is 11.1 Å². The number of ketones is 1. The standard InChI is InChI=1S/C18H17F3O2.C2H4O2/c1-11-7-8-12(2)17(9-11)23-10-15-14(13(3)22)5-4-6-16(15)18(19,20)21;1-4-2-3/h4-9H,10H2,1-3H3;2H,1H3. The number of carbonyl (C=O) groups is 2. The first-order valence-corrected chi connectivity index (χ1v) is 7.98. The highest BCUT2D eigenvalue weighted by molar-refractivity contribution is 5.95. The Balaban J connectivity index is 0.000000828. The van der Waals surface area contributed by atoms with Crippen molar-refractivity contribution in [1.82, 2.24) is 0 Å². The first kappa shape index (κ1) is 22.2. The molecule has 2 aromatic carbocycles. The Bertz CT molecular complexity index is 798. The molecule has 0 aliphatic heterocycles. The molecule has 0 amide bonds. The summed E-state index contributed by atoms with van der Waals surface area (Å²) in [7, 11) is 1.31. The summed E-state index contributed by atoms with van der Waals surface area (Å²) in [4.78, 5) is 20.6. The number of alkyl halides is 3. The molecule has 0 fully saturated rings. The molecule has 0 aliphatic carbocycles. The van der Waals surface area contributed by atoms with Crippen LogP contribution in [0.1, 0.15) is 39.5 Å². The van der Waals surface area contributed by atoms with Crippen LogP contribution in [0.2, 0.25) is 0 Å². The number of hydrogen-bond acceptors (Lipinski definition) is 4. The summed E-state index contributed by atoms with van der Waals surface area (Å²) in [6.45, 7) is 5.00. The lowest BCUT2D eigenvalue weighted by molar-refractivity contribution is -0.138. The molecule has 2 rings (SSSR count). The second-order valence-corrected chi connectivity index (χ2v) is 5.78. The summed E-state index contributed by atoms with van der Waals surface area (Å²) >= 11 is 0. The summed E-state index contributed by atoms with van der Waals surface area (Å²) in [5.74, 6) is 0.0899. The van der Waals surface area contributed by atoms with Gasteiger partial charge in [-0.2, -0.15) is 13.2 Å². The van der Waals surface area contributed by atoms with Gasteiger partial charge in [0.1, 0.15) is 12.4 Å². The highest BCUT2D eigenvalue weighted by Gasteiger charge is 2.34. The Morgan fingerprint density at radius 3 is 2.30 bits per heavy atom. The minimum absolute atomic E-state index is 0.0325. The van der Waals surface area contributed by atoms with Gasteiger partial charge in [-0.25, -0.2) is 0 Å². The minimum atomic E-state index is -4.54. The summed E-state index contributed by atoms with van der Waals surface area (Å²) in [6, 6.07) is 9.09. The fourth-order valence-corrected chi connectivity index (χ4v) is 2.35. The van der Waals surface area contributed by atoms with Crippen molar-refractivity contribution in [2.24, 2.45) is 0 Å².